The first-order valence-electron chi connectivity index (χ1n) is 8.14. The van der Waals surface area contributed by atoms with E-state index in [0.717, 1.165) is 18.5 Å². The maximum Gasteiger partial charge on any atom is 0.260 e. The molecule has 1 aromatic heterocycles. The zero-order valence-electron chi connectivity index (χ0n) is 13.4. The minimum atomic E-state index is -0.331. The molecule has 0 radical (unpaired) electrons. The molecule has 0 aliphatic heterocycles. The molecule has 0 saturated heterocycles. The Kier molecular flexibility index (Phi) is 4.33. The fraction of sp³-hybridized carbons (Fsp3) is 0.368. The zero-order chi connectivity index (χ0) is 16.3. The molecule has 23 heavy (non-hydrogen) atoms. The number of nitrogens with one attached hydrogen (secondary N) is 2. The van der Waals surface area contributed by atoms with Gasteiger partial charge in [-0.05, 0) is 37.5 Å². The van der Waals surface area contributed by atoms with Crippen LogP contribution in [0.5, 0.6) is 0 Å². The molecule has 1 aliphatic carbocycles. The van der Waals surface area contributed by atoms with Crippen LogP contribution in [0.15, 0.2) is 47.3 Å². The molecule has 0 unspecified atom stereocenters. The third kappa shape index (κ3) is 3.21. The summed E-state index contributed by atoms with van der Waals surface area (Å²) < 4.78 is 0. The van der Waals surface area contributed by atoms with Crippen LogP contribution >= 0.6 is 0 Å². The van der Waals surface area contributed by atoms with Crippen molar-refractivity contribution in [2.75, 3.05) is 6.54 Å². The standard InChI is InChI=1S/C19H22N2O2/c1-14-9-10-16(18(23)21-14)17(22)20-13-19(11-5-6-12-19)15-7-3-2-4-8-15/h2-4,7-10H,5-6,11-13H2,1H3,(H,20,22)(H,21,23). The van der Waals surface area contributed by atoms with E-state index in [4.69, 9.17) is 0 Å². The Hall–Kier alpha value is -2.36. The molecule has 4 heteroatoms. The number of hydrogen-bond donors (Lipinski definition) is 2. The Morgan fingerprint density at radius 2 is 1.83 bits per heavy atom. The zero-order valence-corrected chi connectivity index (χ0v) is 13.4. The average molecular weight is 310 g/mol. The van der Waals surface area contributed by atoms with Crippen LogP contribution in [0.2, 0.25) is 0 Å². The summed E-state index contributed by atoms with van der Waals surface area (Å²) in [4.78, 5) is 27.0. The summed E-state index contributed by atoms with van der Waals surface area (Å²) in [5.41, 5.74) is 1.87. The molecule has 1 aromatic carbocycles. The minimum absolute atomic E-state index is 0.00558. The lowest BCUT2D eigenvalue weighted by molar-refractivity contribution is 0.0941. The summed E-state index contributed by atoms with van der Waals surface area (Å²) >= 11 is 0. The van der Waals surface area contributed by atoms with Gasteiger partial charge < -0.3 is 10.3 Å². The van der Waals surface area contributed by atoms with Crippen molar-refractivity contribution in [3.8, 4) is 0 Å². The van der Waals surface area contributed by atoms with Crippen molar-refractivity contribution in [3.05, 3.63) is 69.6 Å². The predicted molar refractivity (Wildman–Crippen MR) is 90.7 cm³/mol. The number of rotatable bonds is 4. The number of amides is 1. The number of aryl methyl sites for hydroxylation is 1. The summed E-state index contributed by atoms with van der Waals surface area (Å²) in [6.07, 6.45) is 4.49. The summed E-state index contributed by atoms with van der Waals surface area (Å²) in [5, 5.41) is 2.98. The van der Waals surface area contributed by atoms with Crippen molar-refractivity contribution in [3.63, 3.8) is 0 Å². The van der Waals surface area contributed by atoms with Gasteiger partial charge in [-0.1, -0.05) is 43.2 Å². The lowest BCUT2D eigenvalue weighted by Gasteiger charge is -2.30. The van der Waals surface area contributed by atoms with Crippen LogP contribution in [0, 0.1) is 6.92 Å². The van der Waals surface area contributed by atoms with Crippen LogP contribution in [-0.2, 0) is 5.41 Å². The molecule has 1 fully saturated rings. The Bertz CT molecular complexity index is 743. The van der Waals surface area contributed by atoms with Gasteiger partial charge in [-0.2, -0.15) is 0 Å². The predicted octanol–water partition coefficient (Wildman–Crippen LogP) is 2.93. The Labute approximate surface area is 135 Å². The number of H-pyrrole nitrogens is 1. The van der Waals surface area contributed by atoms with Crippen molar-refractivity contribution in [1.82, 2.24) is 10.3 Å². The van der Waals surface area contributed by atoms with Gasteiger partial charge in [-0.3, -0.25) is 9.59 Å². The van der Waals surface area contributed by atoms with Crippen molar-refractivity contribution in [2.24, 2.45) is 0 Å². The van der Waals surface area contributed by atoms with E-state index in [1.807, 2.05) is 18.2 Å². The molecule has 0 spiro atoms. The number of benzene rings is 1. The second-order valence-electron chi connectivity index (χ2n) is 6.42. The molecule has 0 atom stereocenters. The highest BCUT2D eigenvalue weighted by Gasteiger charge is 2.35. The lowest BCUT2D eigenvalue weighted by Crippen LogP contribution is -2.40. The number of aromatic nitrogens is 1. The number of hydrogen-bond acceptors (Lipinski definition) is 2. The van der Waals surface area contributed by atoms with Gasteiger partial charge in [0.1, 0.15) is 5.56 Å². The van der Waals surface area contributed by atoms with Gasteiger partial charge in [0.15, 0.2) is 0 Å². The van der Waals surface area contributed by atoms with Crippen LogP contribution in [0.4, 0.5) is 0 Å². The van der Waals surface area contributed by atoms with Crippen molar-refractivity contribution in [1.29, 1.82) is 0 Å². The van der Waals surface area contributed by atoms with Crippen LogP contribution < -0.4 is 10.9 Å². The fourth-order valence-electron chi connectivity index (χ4n) is 3.51. The molecule has 4 nitrogen and oxygen atoms in total. The Balaban J connectivity index is 1.77. The van der Waals surface area contributed by atoms with Gasteiger partial charge in [0.2, 0.25) is 0 Å². The maximum atomic E-state index is 12.4. The SMILES string of the molecule is Cc1ccc(C(=O)NCC2(c3ccccc3)CCCC2)c(=O)[nH]1. The Morgan fingerprint density at radius 1 is 1.13 bits per heavy atom. The van der Waals surface area contributed by atoms with Crippen LogP contribution in [0.1, 0.15) is 47.3 Å². The molecule has 1 saturated carbocycles. The molecule has 1 heterocycles. The van der Waals surface area contributed by atoms with Crippen LogP contribution in [0.3, 0.4) is 0 Å². The third-order valence-corrected chi connectivity index (χ3v) is 4.83. The number of pyridine rings is 1. The molecular formula is C19H22N2O2. The average Bonchev–Trinajstić information content (AvgIpc) is 3.04. The monoisotopic (exact) mass is 310 g/mol. The number of carbonyl (C=O) groups is 1. The second kappa shape index (κ2) is 6.41. The smallest absolute Gasteiger partial charge is 0.260 e. The first kappa shape index (κ1) is 15.5. The second-order valence-corrected chi connectivity index (χ2v) is 6.42. The van der Waals surface area contributed by atoms with E-state index in [-0.39, 0.29) is 22.4 Å². The van der Waals surface area contributed by atoms with Gasteiger partial charge in [0, 0.05) is 17.7 Å². The first-order valence-corrected chi connectivity index (χ1v) is 8.14. The largest absolute Gasteiger partial charge is 0.351 e. The van der Waals surface area contributed by atoms with E-state index in [0.29, 0.717) is 6.54 Å². The molecular weight excluding hydrogens is 288 g/mol. The van der Waals surface area contributed by atoms with E-state index in [9.17, 15) is 9.59 Å². The van der Waals surface area contributed by atoms with E-state index in [2.05, 4.69) is 22.4 Å². The van der Waals surface area contributed by atoms with E-state index in [1.54, 1.807) is 19.1 Å². The molecule has 1 amide bonds. The van der Waals surface area contributed by atoms with E-state index >= 15 is 0 Å². The highest BCUT2D eigenvalue weighted by atomic mass is 16.2. The van der Waals surface area contributed by atoms with Crippen molar-refractivity contribution in [2.45, 2.75) is 38.0 Å². The minimum Gasteiger partial charge on any atom is -0.351 e. The molecule has 2 N–H and O–H groups in total. The van der Waals surface area contributed by atoms with Crippen molar-refractivity contribution < 1.29 is 4.79 Å². The number of aromatic amines is 1. The van der Waals surface area contributed by atoms with Gasteiger partial charge in [0.25, 0.3) is 11.5 Å². The summed E-state index contributed by atoms with van der Waals surface area (Å²) in [5.74, 6) is -0.298. The molecule has 1 aliphatic rings. The summed E-state index contributed by atoms with van der Waals surface area (Å²) in [6, 6.07) is 13.7. The van der Waals surface area contributed by atoms with E-state index in [1.165, 1.54) is 18.4 Å². The number of carbonyl (C=O) groups excluding carboxylic acids is 1. The molecule has 120 valence electrons. The highest BCUT2D eigenvalue weighted by Crippen LogP contribution is 2.40. The molecule has 0 bridgehead atoms. The van der Waals surface area contributed by atoms with Gasteiger partial charge in [0.05, 0.1) is 0 Å². The normalized spacial score (nSPS) is 16.2. The van der Waals surface area contributed by atoms with Gasteiger partial charge >= 0.3 is 0 Å². The molecule has 3 rings (SSSR count). The van der Waals surface area contributed by atoms with Gasteiger partial charge in [-0.25, -0.2) is 0 Å². The first-order chi connectivity index (χ1) is 11.1. The maximum absolute atomic E-state index is 12.4. The molecule has 2 aromatic rings. The van der Waals surface area contributed by atoms with Crippen LogP contribution in [-0.4, -0.2) is 17.4 Å². The third-order valence-electron chi connectivity index (χ3n) is 4.83. The summed E-state index contributed by atoms with van der Waals surface area (Å²) in [7, 11) is 0. The van der Waals surface area contributed by atoms with Gasteiger partial charge in [-0.15, -0.1) is 0 Å². The van der Waals surface area contributed by atoms with E-state index < -0.39 is 0 Å². The lowest BCUT2D eigenvalue weighted by atomic mass is 9.79. The fourth-order valence-corrected chi connectivity index (χ4v) is 3.51. The summed E-state index contributed by atoms with van der Waals surface area (Å²) in [6.45, 7) is 2.37. The topological polar surface area (TPSA) is 62.0 Å². The Morgan fingerprint density at radius 3 is 2.48 bits per heavy atom. The van der Waals surface area contributed by atoms with Crippen LogP contribution in [0.25, 0.3) is 0 Å². The van der Waals surface area contributed by atoms with Crippen molar-refractivity contribution >= 4 is 5.91 Å². The quantitative estimate of drug-likeness (QED) is 0.912. The highest BCUT2D eigenvalue weighted by molar-refractivity contribution is 5.93.